The predicted octanol–water partition coefficient (Wildman–Crippen LogP) is 0.280. The summed E-state index contributed by atoms with van der Waals surface area (Å²) in [5.74, 6) is 0.286. The van der Waals surface area contributed by atoms with Gasteiger partial charge < -0.3 is 19.9 Å². The Kier molecular flexibility index (Phi) is 7.04. The lowest BCUT2D eigenvalue weighted by Gasteiger charge is -2.29. The maximum atomic E-state index is 13.2. The number of para-hydroxylation sites is 1. The van der Waals surface area contributed by atoms with E-state index in [1.165, 1.54) is 21.9 Å². The number of quaternary nitrogens is 2. The number of hydrogen-bond donors (Lipinski definition) is 3. The number of hydrogen-bond acceptors (Lipinski definition) is 2. The number of rotatable bonds is 7. The molecule has 0 bridgehead atoms. The van der Waals surface area contributed by atoms with Crippen molar-refractivity contribution in [1.29, 1.82) is 0 Å². The molecule has 3 N–H and O–H groups in total. The predicted molar refractivity (Wildman–Crippen MR) is 103 cm³/mol. The molecular weight excluding hydrogens is 369 g/mol. The summed E-state index contributed by atoms with van der Waals surface area (Å²) in [4.78, 5) is 14.9. The maximum absolute atomic E-state index is 13.2. The fourth-order valence-electron chi connectivity index (χ4n) is 3.25. The Hall–Kier alpha value is -2.15. The first-order chi connectivity index (χ1) is 13.1. The van der Waals surface area contributed by atoms with Gasteiger partial charge in [-0.15, -0.1) is 0 Å². The SMILES string of the molecule is O=C(C[NH+]1CC[NH+](CCOc2ccccc2Cl)CC1)Nc1cccc(F)c1. The van der Waals surface area contributed by atoms with E-state index < -0.39 is 0 Å². The van der Waals surface area contributed by atoms with Crippen LogP contribution in [0, 0.1) is 5.82 Å². The summed E-state index contributed by atoms with van der Waals surface area (Å²) in [6.45, 7) is 5.78. The molecule has 0 saturated carbocycles. The second-order valence-electron chi connectivity index (χ2n) is 6.76. The molecule has 0 radical (unpaired) electrons. The quantitative estimate of drug-likeness (QED) is 0.633. The van der Waals surface area contributed by atoms with Crippen molar-refractivity contribution in [2.45, 2.75) is 0 Å². The smallest absolute Gasteiger partial charge is 0.279 e. The van der Waals surface area contributed by atoms with Crippen LogP contribution in [0.2, 0.25) is 5.02 Å². The Morgan fingerprint density at radius 3 is 2.56 bits per heavy atom. The second-order valence-corrected chi connectivity index (χ2v) is 7.17. The van der Waals surface area contributed by atoms with Crippen LogP contribution >= 0.6 is 11.6 Å². The minimum absolute atomic E-state index is 0.0823. The first kappa shape index (κ1) is 19.6. The van der Waals surface area contributed by atoms with Crippen LogP contribution in [0.3, 0.4) is 0 Å². The first-order valence-electron chi connectivity index (χ1n) is 9.20. The molecule has 1 heterocycles. The van der Waals surface area contributed by atoms with Crippen molar-refractivity contribution >= 4 is 23.2 Å². The van der Waals surface area contributed by atoms with E-state index in [1.807, 2.05) is 24.3 Å². The number of anilines is 1. The Morgan fingerprint density at radius 1 is 1.07 bits per heavy atom. The highest BCUT2D eigenvalue weighted by Gasteiger charge is 2.24. The molecule has 0 atom stereocenters. The molecule has 2 aromatic rings. The van der Waals surface area contributed by atoms with Crippen LogP contribution in [-0.4, -0.2) is 51.8 Å². The summed E-state index contributed by atoms with van der Waals surface area (Å²) < 4.78 is 18.9. The minimum Gasteiger partial charge on any atom is -0.486 e. The van der Waals surface area contributed by atoms with Gasteiger partial charge in [-0.1, -0.05) is 29.8 Å². The van der Waals surface area contributed by atoms with Crippen molar-refractivity contribution in [1.82, 2.24) is 0 Å². The van der Waals surface area contributed by atoms with Crippen molar-refractivity contribution in [2.75, 3.05) is 51.2 Å². The topological polar surface area (TPSA) is 47.2 Å². The molecule has 7 heteroatoms. The molecule has 0 spiro atoms. The molecule has 1 amide bonds. The first-order valence-corrected chi connectivity index (χ1v) is 9.58. The number of ether oxygens (including phenoxy) is 1. The van der Waals surface area contributed by atoms with Gasteiger partial charge in [0.2, 0.25) is 0 Å². The Balaban J connectivity index is 1.35. The molecule has 1 fully saturated rings. The molecule has 27 heavy (non-hydrogen) atoms. The van der Waals surface area contributed by atoms with Gasteiger partial charge >= 0.3 is 0 Å². The number of piperazine rings is 1. The Morgan fingerprint density at radius 2 is 1.81 bits per heavy atom. The normalized spacial score (nSPS) is 19.5. The number of nitrogens with one attached hydrogen (secondary N) is 3. The van der Waals surface area contributed by atoms with Crippen LogP contribution in [-0.2, 0) is 4.79 Å². The van der Waals surface area contributed by atoms with E-state index in [0.29, 0.717) is 23.9 Å². The van der Waals surface area contributed by atoms with Crippen molar-refractivity contribution in [2.24, 2.45) is 0 Å². The number of amides is 1. The average molecular weight is 394 g/mol. The third kappa shape index (κ3) is 6.20. The zero-order valence-corrected chi connectivity index (χ0v) is 15.9. The molecule has 0 aliphatic carbocycles. The van der Waals surface area contributed by atoms with Gasteiger partial charge in [-0.25, -0.2) is 4.39 Å². The van der Waals surface area contributed by atoms with Crippen LogP contribution in [0.4, 0.5) is 10.1 Å². The van der Waals surface area contributed by atoms with Gasteiger partial charge in [-0.2, -0.15) is 0 Å². The summed E-state index contributed by atoms with van der Waals surface area (Å²) in [5, 5.41) is 3.39. The lowest BCUT2D eigenvalue weighted by molar-refractivity contribution is -1.01. The van der Waals surface area contributed by atoms with E-state index in [9.17, 15) is 9.18 Å². The van der Waals surface area contributed by atoms with Crippen LogP contribution in [0.25, 0.3) is 0 Å². The summed E-state index contributed by atoms with van der Waals surface area (Å²) in [5.41, 5.74) is 0.500. The van der Waals surface area contributed by atoms with Gasteiger partial charge in [-0.3, -0.25) is 4.79 Å². The highest BCUT2D eigenvalue weighted by Crippen LogP contribution is 2.22. The van der Waals surface area contributed by atoms with Gasteiger partial charge in [-0.05, 0) is 30.3 Å². The highest BCUT2D eigenvalue weighted by molar-refractivity contribution is 6.32. The Bertz CT molecular complexity index is 766. The number of carbonyl (C=O) groups is 1. The molecule has 2 aromatic carbocycles. The highest BCUT2D eigenvalue weighted by atomic mass is 35.5. The molecule has 5 nitrogen and oxygen atoms in total. The molecule has 0 unspecified atom stereocenters. The summed E-state index contributed by atoms with van der Waals surface area (Å²) in [6.07, 6.45) is 0. The Labute approximate surface area is 163 Å². The van der Waals surface area contributed by atoms with E-state index in [-0.39, 0.29) is 11.7 Å². The van der Waals surface area contributed by atoms with Crippen LogP contribution in [0.5, 0.6) is 5.75 Å². The van der Waals surface area contributed by atoms with Crippen LogP contribution < -0.4 is 19.9 Å². The van der Waals surface area contributed by atoms with Crippen molar-refractivity contribution in [3.8, 4) is 5.75 Å². The number of benzene rings is 2. The third-order valence-corrected chi connectivity index (χ3v) is 5.05. The molecule has 1 aliphatic rings. The monoisotopic (exact) mass is 393 g/mol. The fourth-order valence-corrected chi connectivity index (χ4v) is 3.44. The minimum atomic E-state index is -0.351. The molecule has 144 valence electrons. The van der Waals surface area contributed by atoms with E-state index in [2.05, 4.69) is 5.32 Å². The van der Waals surface area contributed by atoms with E-state index in [4.69, 9.17) is 16.3 Å². The van der Waals surface area contributed by atoms with E-state index in [0.717, 1.165) is 38.5 Å². The summed E-state index contributed by atoms with van der Waals surface area (Å²) in [7, 11) is 0. The number of halogens is 2. The molecule has 1 aliphatic heterocycles. The van der Waals surface area contributed by atoms with Gasteiger partial charge in [0.25, 0.3) is 5.91 Å². The van der Waals surface area contributed by atoms with Crippen molar-refractivity contribution in [3.05, 3.63) is 59.4 Å². The van der Waals surface area contributed by atoms with Crippen LogP contribution in [0.1, 0.15) is 0 Å². The largest absolute Gasteiger partial charge is 0.486 e. The number of carbonyl (C=O) groups excluding carboxylic acids is 1. The zero-order chi connectivity index (χ0) is 19.1. The van der Waals surface area contributed by atoms with Crippen molar-refractivity contribution < 1.29 is 23.7 Å². The molecule has 3 rings (SSSR count). The molecular formula is C20H25ClFN3O2+2. The van der Waals surface area contributed by atoms with Crippen molar-refractivity contribution in [3.63, 3.8) is 0 Å². The molecule has 0 aromatic heterocycles. The van der Waals surface area contributed by atoms with E-state index >= 15 is 0 Å². The van der Waals surface area contributed by atoms with Gasteiger partial charge in [0, 0.05) is 5.69 Å². The fraction of sp³-hybridized carbons (Fsp3) is 0.350. The lowest BCUT2D eigenvalue weighted by Crippen LogP contribution is -3.28. The third-order valence-electron chi connectivity index (χ3n) is 4.73. The van der Waals surface area contributed by atoms with Gasteiger partial charge in [0.05, 0.1) is 5.02 Å². The second kappa shape index (κ2) is 9.69. The summed E-state index contributed by atoms with van der Waals surface area (Å²) >= 11 is 6.09. The lowest BCUT2D eigenvalue weighted by atomic mass is 10.3. The van der Waals surface area contributed by atoms with E-state index in [1.54, 1.807) is 12.1 Å². The van der Waals surface area contributed by atoms with Crippen LogP contribution in [0.15, 0.2) is 48.5 Å². The summed E-state index contributed by atoms with van der Waals surface area (Å²) in [6, 6.07) is 13.4. The van der Waals surface area contributed by atoms with Gasteiger partial charge in [0.15, 0.2) is 6.54 Å². The average Bonchev–Trinajstić information content (AvgIpc) is 2.65. The van der Waals surface area contributed by atoms with Gasteiger partial charge in [0.1, 0.15) is 50.9 Å². The standard InChI is InChI=1S/C20H23ClFN3O2/c21-18-6-1-2-7-19(18)27-13-12-24-8-10-25(11-9-24)15-20(26)23-17-5-3-4-16(22)14-17/h1-7,14H,8-13,15H2,(H,23,26)/p+2. The zero-order valence-electron chi connectivity index (χ0n) is 15.1. The maximum Gasteiger partial charge on any atom is 0.279 e. The molecule has 1 saturated heterocycles.